The molecule has 0 bridgehead atoms. The maximum atomic E-state index is 13.5. The van der Waals surface area contributed by atoms with Crippen LogP contribution in [0.2, 0.25) is 0 Å². The molecule has 0 saturated heterocycles. The third-order valence-corrected chi connectivity index (χ3v) is 5.69. The van der Waals surface area contributed by atoms with E-state index >= 15 is 0 Å². The molecule has 0 aliphatic carbocycles. The second-order valence-electron chi connectivity index (χ2n) is 6.67. The highest BCUT2D eigenvalue weighted by Crippen LogP contribution is 2.47. The lowest BCUT2D eigenvalue weighted by Crippen LogP contribution is -2.27. The maximum Gasteiger partial charge on any atom is 0.444 e. The number of hydrogen-bond acceptors (Lipinski definition) is 10. The highest BCUT2D eigenvalue weighted by atomic mass is 31.2. The molecule has 0 atom stereocenters. The Balaban J connectivity index is 2.17. The number of rotatable bonds is 13. The van der Waals surface area contributed by atoms with Gasteiger partial charge in [0.1, 0.15) is 17.8 Å². The zero-order valence-electron chi connectivity index (χ0n) is 19.3. The van der Waals surface area contributed by atoms with Crippen LogP contribution in [0.3, 0.4) is 0 Å². The van der Waals surface area contributed by atoms with Crippen LogP contribution in [0, 0.1) is 0 Å². The van der Waals surface area contributed by atoms with Crippen LogP contribution in [0.4, 0.5) is 0 Å². The van der Waals surface area contributed by atoms with Crippen molar-refractivity contribution in [3.05, 3.63) is 59.7 Å². The zero-order chi connectivity index (χ0) is 25.0. The molecule has 0 unspecified atom stereocenters. The van der Waals surface area contributed by atoms with Crippen molar-refractivity contribution in [3.8, 4) is 11.5 Å². The van der Waals surface area contributed by atoms with Crippen LogP contribution < -0.4 is 14.4 Å². The summed E-state index contributed by atoms with van der Waals surface area (Å²) in [6, 6.07) is 11.7. The van der Waals surface area contributed by atoms with Gasteiger partial charge in [0.05, 0.1) is 37.5 Å². The Hall–Kier alpha value is -3.36. The summed E-state index contributed by atoms with van der Waals surface area (Å²) in [5.41, 5.74) is 0.611. The fourth-order valence-corrected chi connectivity index (χ4v) is 4.08. The van der Waals surface area contributed by atoms with E-state index in [9.17, 15) is 18.9 Å². The highest BCUT2D eigenvalue weighted by molar-refractivity contribution is 7.54. The van der Waals surface area contributed by atoms with Crippen molar-refractivity contribution in [2.75, 3.05) is 32.7 Å². The first-order valence-electron chi connectivity index (χ1n) is 10.7. The monoisotopic (exact) mass is 493 g/mol. The Morgan fingerprint density at radius 2 is 1.12 bits per heavy atom. The number of hydrogen-bond donors (Lipinski definition) is 1. The van der Waals surface area contributed by atoms with Crippen LogP contribution >= 0.6 is 7.60 Å². The molecule has 0 amide bonds. The lowest BCUT2D eigenvalue weighted by Gasteiger charge is -2.20. The minimum Gasteiger partial charge on any atom is -0.465 e. The van der Waals surface area contributed by atoms with Gasteiger partial charge in [-0.25, -0.2) is 14.2 Å². The van der Waals surface area contributed by atoms with Crippen LogP contribution in [0.5, 0.6) is 11.5 Å². The summed E-state index contributed by atoms with van der Waals surface area (Å²) in [4.78, 5) is 35.3. The molecule has 0 aliphatic heterocycles. The zero-order valence-corrected chi connectivity index (χ0v) is 20.2. The van der Waals surface area contributed by atoms with Crippen molar-refractivity contribution in [2.45, 2.75) is 20.8 Å². The molecular weight excluding hydrogens is 465 g/mol. The van der Waals surface area contributed by atoms with E-state index in [2.05, 4.69) is 5.32 Å². The fraction of sp³-hybridized carbons (Fsp3) is 0.348. The third kappa shape index (κ3) is 8.53. The smallest absolute Gasteiger partial charge is 0.444 e. The predicted octanol–water partition coefficient (Wildman–Crippen LogP) is 3.80. The number of ether oxygens (including phenoxy) is 3. The van der Waals surface area contributed by atoms with Gasteiger partial charge in [0.2, 0.25) is 0 Å². The maximum absolute atomic E-state index is 13.5. The van der Waals surface area contributed by atoms with Crippen LogP contribution in [0.1, 0.15) is 41.5 Å². The van der Waals surface area contributed by atoms with Crippen molar-refractivity contribution in [2.24, 2.45) is 0 Å². The van der Waals surface area contributed by atoms with Gasteiger partial charge >= 0.3 is 25.5 Å². The number of esters is 3. The van der Waals surface area contributed by atoms with Gasteiger partial charge in [-0.1, -0.05) is 0 Å². The van der Waals surface area contributed by atoms with Gasteiger partial charge in [0, 0.05) is 0 Å². The molecule has 2 aromatic rings. The second kappa shape index (κ2) is 13.4. The minimum absolute atomic E-state index is 0.178. The van der Waals surface area contributed by atoms with Crippen LogP contribution in [0.25, 0.3) is 0 Å². The summed E-state index contributed by atoms with van der Waals surface area (Å²) in [5.74, 6) is -1.15. The molecule has 0 heterocycles. The molecule has 10 nitrogen and oxygen atoms in total. The van der Waals surface area contributed by atoms with E-state index in [0.717, 1.165) is 0 Å². The van der Waals surface area contributed by atoms with Gasteiger partial charge in [-0.2, -0.15) is 0 Å². The third-order valence-electron chi connectivity index (χ3n) is 4.10. The first-order chi connectivity index (χ1) is 16.3. The van der Waals surface area contributed by atoms with E-state index in [4.69, 9.17) is 23.3 Å². The van der Waals surface area contributed by atoms with Gasteiger partial charge in [-0.15, -0.1) is 0 Å². The second-order valence-corrected chi connectivity index (χ2v) is 8.58. The van der Waals surface area contributed by atoms with Crippen molar-refractivity contribution >= 4 is 25.5 Å². The van der Waals surface area contributed by atoms with Crippen LogP contribution in [-0.4, -0.2) is 50.6 Å². The molecule has 0 spiro atoms. The summed E-state index contributed by atoms with van der Waals surface area (Å²) in [7, 11) is -3.89. The van der Waals surface area contributed by atoms with Crippen LogP contribution in [0.15, 0.2) is 48.5 Å². The average Bonchev–Trinajstić information content (AvgIpc) is 2.80. The fourth-order valence-electron chi connectivity index (χ4n) is 2.64. The summed E-state index contributed by atoms with van der Waals surface area (Å²) in [6.07, 6.45) is -0.314. The summed E-state index contributed by atoms with van der Waals surface area (Å²) in [5, 5.41) is 2.71. The van der Waals surface area contributed by atoms with E-state index in [-0.39, 0.29) is 44.2 Å². The van der Waals surface area contributed by atoms with Gasteiger partial charge in [0.25, 0.3) is 0 Å². The lowest BCUT2D eigenvalue weighted by atomic mass is 10.2. The van der Waals surface area contributed by atoms with Gasteiger partial charge in [-0.05, 0) is 69.3 Å². The Bertz CT molecular complexity index is 939. The Morgan fingerprint density at radius 1 is 0.706 bits per heavy atom. The average molecular weight is 493 g/mol. The first kappa shape index (κ1) is 26.9. The largest absolute Gasteiger partial charge is 0.465 e. The van der Waals surface area contributed by atoms with Crippen molar-refractivity contribution in [3.63, 3.8) is 0 Å². The normalized spacial score (nSPS) is 10.8. The van der Waals surface area contributed by atoms with Crippen molar-refractivity contribution in [1.82, 2.24) is 5.32 Å². The van der Waals surface area contributed by atoms with Gasteiger partial charge in [0.15, 0.2) is 0 Å². The molecule has 0 aromatic heterocycles. The van der Waals surface area contributed by atoms with E-state index in [0.29, 0.717) is 11.1 Å². The van der Waals surface area contributed by atoms with Gasteiger partial charge in [-0.3, -0.25) is 10.1 Å². The number of nitrogens with one attached hydrogen (secondary N) is 1. The molecule has 11 heteroatoms. The summed E-state index contributed by atoms with van der Waals surface area (Å²) >= 11 is 0. The van der Waals surface area contributed by atoms with E-state index in [1.807, 2.05) is 0 Å². The minimum atomic E-state index is -3.89. The highest BCUT2D eigenvalue weighted by Gasteiger charge is 2.29. The first-order valence-corrected chi connectivity index (χ1v) is 12.4. The number of carbonyl (C=O) groups excluding carboxylic acids is 3. The Morgan fingerprint density at radius 3 is 1.50 bits per heavy atom. The molecule has 0 saturated carbocycles. The quantitative estimate of drug-likeness (QED) is 0.250. The molecule has 1 N–H and O–H groups in total. The van der Waals surface area contributed by atoms with Crippen molar-refractivity contribution in [1.29, 1.82) is 0 Å². The lowest BCUT2D eigenvalue weighted by molar-refractivity contribution is -0.141. The van der Waals surface area contributed by atoms with E-state index < -0.39 is 25.5 Å². The number of benzene rings is 2. The van der Waals surface area contributed by atoms with Crippen molar-refractivity contribution < 1.29 is 42.2 Å². The SMILES string of the molecule is CCOC(=O)CNCP(=O)(Oc1ccc(C(=O)OCC)cc1)Oc1ccc(C(=O)OCC)cc1. The Labute approximate surface area is 198 Å². The molecule has 0 fully saturated rings. The summed E-state index contributed by atoms with van der Waals surface area (Å²) in [6.45, 7) is 5.56. The molecule has 34 heavy (non-hydrogen) atoms. The molecule has 2 rings (SSSR count). The van der Waals surface area contributed by atoms with Gasteiger partial charge < -0.3 is 23.3 Å². The predicted molar refractivity (Wildman–Crippen MR) is 123 cm³/mol. The number of carbonyl (C=O) groups is 3. The standard InChI is InChI=1S/C23H28NO9P/c1-4-29-21(25)15-24-16-34(28,32-19-11-7-17(8-12-19)22(26)30-5-2)33-20-13-9-18(10-14-20)23(27)31-6-3/h7-14,24H,4-6,15-16H2,1-3H3. The molecule has 0 radical (unpaired) electrons. The molecular formula is C23H28NO9P. The van der Waals surface area contributed by atoms with E-state index in [1.165, 1.54) is 48.5 Å². The topological polar surface area (TPSA) is 126 Å². The molecule has 2 aromatic carbocycles. The van der Waals surface area contributed by atoms with E-state index in [1.54, 1.807) is 20.8 Å². The molecule has 0 aliphatic rings. The summed E-state index contributed by atoms with van der Waals surface area (Å²) < 4.78 is 39.5. The van der Waals surface area contributed by atoms with Crippen LogP contribution in [-0.2, 0) is 23.6 Å². The molecule has 184 valence electrons. The Kier molecular flexibility index (Phi) is 10.6.